The Morgan fingerprint density at radius 1 is 0.692 bits per heavy atom. The molecule has 0 heterocycles. The predicted molar refractivity (Wildman–Crippen MR) is 52.5 cm³/mol. The third-order valence-electron chi connectivity index (χ3n) is 1.32. The van der Waals surface area contributed by atoms with Gasteiger partial charge < -0.3 is 55.6 Å². The van der Waals surface area contributed by atoms with Crippen LogP contribution in [0.3, 0.4) is 0 Å². The molecule has 0 aromatic heterocycles. The van der Waals surface area contributed by atoms with E-state index >= 15 is 0 Å². The fourth-order valence-electron chi connectivity index (χ4n) is 0.402. The van der Waals surface area contributed by atoms with Crippen LogP contribution in [0.1, 0.15) is 12.8 Å². The molecule has 126 valence electrons. The Bertz CT molecular complexity index is 410. The molecule has 0 aliphatic heterocycles. The number of carboxylic acid groups (broad SMARTS) is 6. The summed E-state index contributed by atoms with van der Waals surface area (Å²) in [6.07, 6.45) is -0.224. The number of carboxylic acids is 6. The van der Waals surface area contributed by atoms with Gasteiger partial charge in [0, 0.05) is 6.42 Å². The Labute approximate surface area is 234 Å². The summed E-state index contributed by atoms with van der Waals surface area (Å²) in [6, 6.07) is -1.06. The van der Waals surface area contributed by atoms with Gasteiger partial charge in [-0.3, -0.25) is 9.59 Å². The van der Waals surface area contributed by atoms with Crippen LogP contribution in [-0.2, 0) is 28.8 Å². The van der Waals surface area contributed by atoms with Crippen LogP contribution < -0.4 is 144 Å². The smallest absolute Gasteiger partial charge is 0.543 e. The van der Waals surface area contributed by atoms with Crippen LogP contribution in [0.4, 0.5) is 0 Å². The van der Waals surface area contributed by atoms with Crippen molar-refractivity contribution in [1.29, 1.82) is 0 Å². The van der Waals surface area contributed by atoms with E-state index in [1.165, 1.54) is 0 Å². The quantitative estimate of drug-likeness (QED) is 0.285. The molecule has 0 rings (SSSR count). The van der Waals surface area contributed by atoms with Gasteiger partial charge in [-0.15, -0.1) is 0 Å². The minimum absolute atomic E-state index is 0. The topological polar surface area (TPSA) is 261 Å². The number of carbonyl (C=O) groups excluding carboxylic acids is 4. The molecule has 0 aliphatic rings. The number of aliphatic carboxylic acids is 6. The molecule has 17 heteroatoms. The molecular weight excluding hydrogens is 406 g/mol. The van der Waals surface area contributed by atoms with Gasteiger partial charge in [-0.2, -0.15) is 0 Å². The summed E-state index contributed by atoms with van der Waals surface area (Å²) in [5, 5.41) is 52.0. The second-order valence-corrected chi connectivity index (χ2v) is 3.03. The molecule has 0 amide bonds. The van der Waals surface area contributed by atoms with Crippen LogP contribution in [0.25, 0.3) is 0 Å². The van der Waals surface area contributed by atoms with Gasteiger partial charge in [0.15, 0.2) is 0 Å². The zero-order valence-electron chi connectivity index (χ0n) is 14.5. The minimum Gasteiger partial charge on any atom is -0.543 e. The number of hydrogen-bond donors (Lipinski definition) is 3. The predicted octanol–water partition coefficient (Wildman–Crippen LogP) is -19.7. The molecule has 0 saturated heterocycles. The van der Waals surface area contributed by atoms with Gasteiger partial charge in [0.05, 0.1) is 23.9 Å². The van der Waals surface area contributed by atoms with Gasteiger partial charge in [0.25, 0.3) is 0 Å². The molecule has 0 radical (unpaired) electrons. The average Bonchev–Trinajstić information content (AvgIpc) is 2.36. The third kappa shape index (κ3) is 44.3. The van der Waals surface area contributed by atoms with Crippen molar-refractivity contribution in [3.05, 3.63) is 0 Å². The van der Waals surface area contributed by atoms with Crippen molar-refractivity contribution in [1.82, 2.24) is 0 Å². The summed E-state index contributed by atoms with van der Waals surface area (Å²) in [6.45, 7) is 0. The van der Waals surface area contributed by atoms with Crippen molar-refractivity contribution in [2.45, 2.75) is 18.9 Å². The van der Waals surface area contributed by atoms with Crippen molar-refractivity contribution in [3.63, 3.8) is 0 Å². The molecule has 13 nitrogen and oxygen atoms in total. The Hall–Kier alpha value is 0.780. The zero-order valence-corrected chi connectivity index (χ0v) is 22.5. The van der Waals surface area contributed by atoms with E-state index in [0.717, 1.165) is 0 Å². The van der Waals surface area contributed by atoms with Crippen LogP contribution in [0, 0.1) is 0 Å². The zero-order chi connectivity index (χ0) is 18.5. The molecule has 0 aromatic rings. The van der Waals surface area contributed by atoms with Crippen molar-refractivity contribution >= 4 is 35.8 Å². The molecule has 0 spiro atoms. The fourth-order valence-corrected chi connectivity index (χ4v) is 0.402. The van der Waals surface area contributed by atoms with E-state index in [9.17, 15) is 9.59 Å². The van der Waals surface area contributed by atoms with E-state index in [1.54, 1.807) is 0 Å². The number of nitrogens with two attached hydrogens (primary N) is 1. The molecular formula is C9H9NNa4O12. The molecule has 0 fully saturated rings. The first-order valence-electron chi connectivity index (χ1n) is 4.87. The van der Waals surface area contributed by atoms with E-state index in [-0.39, 0.29) is 131 Å². The van der Waals surface area contributed by atoms with E-state index in [4.69, 9.17) is 55.6 Å². The van der Waals surface area contributed by atoms with Crippen molar-refractivity contribution < 1.29 is 178 Å². The van der Waals surface area contributed by atoms with Gasteiger partial charge in [-0.1, -0.05) is 0 Å². The molecule has 0 bridgehead atoms. The van der Waals surface area contributed by atoms with Gasteiger partial charge in [-0.25, -0.2) is 0 Å². The van der Waals surface area contributed by atoms with E-state index < -0.39 is 41.9 Å². The van der Waals surface area contributed by atoms with Gasteiger partial charge in [0.2, 0.25) is 0 Å². The normalized spacial score (nSPS) is 8.19. The summed E-state index contributed by atoms with van der Waals surface area (Å²) >= 11 is 0. The number of rotatable bonds is 4. The summed E-state index contributed by atoms with van der Waals surface area (Å²) in [5.74, 6) is -10.9. The summed E-state index contributed by atoms with van der Waals surface area (Å²) in [5.41, 5.74) is 5.00. The maximum atomic E-state index is 9.99. The molecule has 0 saturated carbocycles. The molecule has 1 unspecified atom stereocenters. The SMILES string of the molecule is NC(CCC(=O)O)C(=O)O.O=C([O-])C(=O)[O-].O=C([O-])C(=O)[O-].[Na+].[Na+].[Na+].[Na+]. The Balaban J connectivity index is -0.0000000404. The maximum Gasteiger partial charge on any atom is 1.00 e. The first-order chi connectivity index (χ1) is 9.82. The Kier molecular flexibility index (Phi) is 49.0. The first kappa shape index (κ1) is 45.5. The van der Waals surface area contributed by atoms with Crippen molar-refractivity contribution in [3.8, 4) is 0 Å². The fraction of sp³-hybridized carbons (Fsp3) is 0.333. The summed E-state index contributed by atoms with van der Waals surface area (Å²) in [7, 11) is 0. The molecule has 0 aliphatic carbocycles. The average molecular weight is 415 g/mol. The Morgan fingerprint density at radius 2 is 0.923 bits per heavy atom. The molecule has 1 atom stereocenters. The van der Waals surface area contributed by atoms with Gasteiger partial charge in [-0.05, 0) is 6.42 Å². The van der Waals surface area contributed by atoms with E-state index in [2.05, 4.69) is 0 Å². The molecule has 0 aromatic carbocycles. The van der Waals surface area contributed by atoms with Gasteiger partial charge >= 0.3 is 130 Å². The van der Waals surface area contributed by atoms with Gasteiger partial charge in [0.1, 0.15) is 6.04 Å². The van der Waals surface area contributed by atoms with Crippen LogP contribution in [0.2, 0.25) is 0 Å². The van der Waals surface area contributed by atoms with Crippen LogP contribution >= 0.6 is 0 Å². The molecule has 26 heavy (non-hydrogen) atoms. The maximum absolute atomic E-state index is 9.99. The summed E-state index contributed by atoms with van der Waals surface area (Å²) in [4.78, 5) is 55.6. The van der Waals surface area contributed by atoms with E-state index in [1.807, 2.05) is 0 Å². The van der Waals surface area contributed by atoms with Crippen LogP contribution in [0.15, 0.2) is 0 Å². The second kappa shape index (κ2) is 28.0. The monoisotopic (exact) mass is 415 g/mol. The third-order valence-corrected chi connectivity index (χ3v) is 1.32. The molecule has 4 N–H and O–H groups in total. The van der Waals surface area contributed by atoms with Crippen LogP contribution in [-0.4, -0.2) is 52.1 Å². The second-order valence-electron chi connectivity index (χ2n) is 3.03. The van der Waals surface area contributed by atoms with Crippen molar-refractivity contribution in [2.75, 3.05) is 0 Å². The summed E-state index contributed by atoms with van der Waals surface area (Å²) < 4.78 is 0. The number of hydrogen-bond acceptors (Lipinski definition) is 11. The first-order valence-corrected chi connectivity index (χ1v) is 4.87. The van der Waals surface area contributed by atoms with E-state index in [0.29, 0.717) is 0 Å². The van der Waals surface area contributed by atoms with Crippen molar-refractivity contribution in [2.24, 2.45) is 5.73 Å². The Morgan fingerprint density at radius 3 is 1.04 bits per heavy atom. The van der Waals surface area contributed by atoms with Crippen LogP contribution in [0.5, 0.6) is 0 Å². The number of carbonyl (C=O) groups is 6. The minimum atomic E-state index is -2.19. The standard InChI is InChI=1S/C5H9NO4.2C2H2O4.4Na/c6-3(5(9)10)1-2-4(7)8;2*3-1(4)2(5)6;;;;/h3H,1-2,6H2,(H,7,8)(H,9,10);2*(H,3,4)(H,5,6);;;;/q;;;4*+1/p-4. The largest absolute Gasteiger partial charge is 1.00 e.